The van der Waals surface area contributed by atoms with Gasteiger partial charge in [-0.05, 0) is 99.5 Å². The van der Waals surface area contributed by atoms with Gasteiger partial charge in [0.1, 0.15) is 0 Å². The van der Waals surface area contributed by atoms with E-state index in [4.69, 9.17) is 0 Å². The average Bonchev–Trinajstić information content (AvgIpc) is 3.14. The van der Waals surface area contributed by atoms with Gasteiger partial charge in [0.2, 0.25) is 0 Å². The summed E-state index contributed by atoms with van der Waals surface area (Å²) < 4.78 is 2.22. The molecule has 152 valence electrons. The molecule has 4 nitrogen and oxygen atoms in total. The van der Waals surface area contributed by atoms with Gasteiger partial charge in [-0.3, -0.25) is 4.79 Å². The van der Waals surface area contributed by atoms with Gasteiger partial charge in [0.15, 0.2) is 5.17 Å². The highest BCUT2D eigenvalue weighted by Crippen LogP contribution is 2.31. The molecule has 0 saturated carbocycles. The molecule has 0 aliphatic carbocycles. The second-order valence-corrected chi connectivity index (χ2v) is 8.86. The minimum Gasteiger partial charge on any atom is -0.318 e. The molecule has 0 unspecified atom stereocenters. The van der Waals surface area contributed by atoms with E-state index in [1.165, 1.54) is 17.3 Å². The fourth-order valence-corrected chi connectivity index (χ4v) is 4.61. The van der Waals surface area contributed by atoms with E-state index in [9.17, 15) is 4.79 Å². The summed E-state index contributed by atoms with van der Waals surface area (Å²) in [5, 5.41) is 3.50. The number of aliphatic imine (C=N–C) groups is 1. The molecule has 0 radical (unpaired) electrons. The summed E-state index contributed by atoms with van der Waals surface area (Å²) in [6.07, 6.45) is 1.96. The first-order valence-electron chi connectivity index (χ1n) is 9.94. The SMILES string of the molecule is Cc1ccc(-n2c(C)cc(/C=C3/SC(=Nc4cc(C)cc(C)c4)NC3=O)c2C)cc1. The van der Waals surface area contributed by atoms with Crippen LogP contribution in [0.15, 0.2) is 58.4 Å². The first kappa shape index (κ1) is 20.2. The lowest BCUT2D eigenvalue weighted by molar-refractivity contribution is -0.115. The summed E-state index contributed by atoms with van der Waals surface area (Å²) in [5.41, 5.74) is 8.81. The highest BCUT2D eigenvalue weighted by molar-refractivity contribution is 8.18. The van der Waals surface area contributed by atoms with Crippen LogP contribution in [0.1, 0.15) is 33.6 Å². The Labute approximate surface area is 181 Å². The maximum atomic E-state index is 12.5. The highest BCUT2D eigenvalue weighted by atomic mass is 32.2. The van der Waals surface area contributed by atoms with Crippen LogP contribution < -0.4 is 5.32 Å². The fraction of sp³-hybridized carbons (Fsp3) is 0.200. The number of amides is 1. The molecule has 1 fully saturated rings. The van der Waals surface area contributed by atoms with Crippen molar-refractivity contribution in [3.8, 4) is 5.69 Å². The molecule has 0 spiro atoms. The van der Waals surface area contributed by atoms with Crippen molar-refractivity contribution in [1.29, 1.82) is 0 Å². The number of nitrogens with one attached hydrogen (secondary N) is 1. The summed E-state index contributed by atoms with van der Waals surface area (Å²) in [7, 11) is 0. The van der Waals surface area contributed by atoms with E-state index in [-0.39, 0.29) is 5.91 Å². The predicted octanol–water partition coefficient (Wildman–Crippen LogP) is 5.91. The second-order valence-electron chi connectivity index (χ2n) is 7.83. The number of hydrogen-bond acceptors (Lipinski definition) is 3. The third-order valence-electron chi connectivity index (χ3n) is 5.14. The first-order chi connectivity index (χ1) is 14.3. The number of carbonyl (C=O) groups is 1. The van der Waals surface area contributed by atoms with Crippen LogP contribution in [0.2, 0.25) is 0 Å². The van der Waals surface area contributed by atoms with E-state index >= 15 is 0 Å². The van der Waals surface area contributed by atoms with Crippen LogP contribution in [0, 0.1) is 34.6 Å². The Morgan fingerprint density at radius 3 is 2.23 bits per heavy atom. The molecular weight excluding hydrogens is 390 g/mol. The van der Waals surface area contributed by atoms with Crippen molar-refractivity contribution in [2.24, 2.45) is 4.99 Å². The molecule has 5 heteroatoms. The lowest BCUT2D eigenvalue weighted by Gasteiger charge is -2.10. The maximum Gasteiger partial charge on any atom is 0.264 e. The largest absolute Gasteiger partial charge is 0.318 e. The smallest absolute Gasteiger partial charge is 0.264 e. The Bertz CT molecular complexity index is 1180. The van der Waals surface area contributed by atoms with E-state index in [1.807, 2.05) is 32.1 Å². The summed E-state index contributed by atoms with van der Waals surface area (Å²) in [6.45, 7) is 10.4. The Kier molecular flexibility index (Phi) is 5.39. The van der Waals surface area contributed by atoms with Gasteiger partial charge < -0.3 is 9.88 Å². The summed E-state index contributed by atoms with van der Waals surface area (Å²) in [5.74, 6) is -0.108. The van der Waals surface area contributed by atoms with E-state index in [2.05, 4.69) is 72.0 Å². The van der Waals surface area contributed by atoms with E-state index in [0.29, 0.717) is 10.1 Å². The number of rotatable bonds is 3. The molecule has 30 heavy (non-hydrogen) atoms. The van der Waals surface area contributed by atoms with Crippen molar-refractivity contribution < 1.29 is 4.79 Å². The number of aromatic nitrogens is 1. The number of benzene rings is 2. The molecular formula is C25H25N3OS. The van der Waals surface area contributed by atoms with Crippen LogP contribution in [-0.4, -0.2) is 15.6 Å². The van der Waals surface area contributed by atoms with Crippen molar-refractivity contribution in [3.05, 3.63) is 87.1 Å². The number of thioether (sulfide) groups is 1. The first-order valence-corrected chi connectivity index (χ1v) is 10.8. The number of aryl methyl sites for hydroxylation is 4. The van der Waals surface area contributed by atoms with E-state index in [1.54, 1.807) is 0 Å². The third-order valence-corrected chi connectivity index (χ3v) is 6.05. The Morgan fingerprint density at radius 1 is 0.900 bits per heavy atom. The number of carbonyl (C=O) groups excluding carboxylic acids is 1. The summed E-state index contributed by atoms with van der Waals surface area (Å²) >= 11 is 1.38. The normalized spacial score (nSPS) is 16.5. The molecule has 1 amide bonds. The van der Waals surface area contributed by atoms with Crippen molar-refractivity contribution in [2.45, 2.75) is 34.6 Å². The second kappa shape index (κ2) is 8.00. The number of nitrogens with zero attached hydrogens (tertiary/aromatic N) is 2. The highest BCUT2D eigenvalue weighted by Gasteiger charge is 2.24. The zero-order valence-electron chi connectivity index (χ0n) is 17.9. The summed E-state index contributed by atoms with van der Waals surface area (Å²) in [4.78, 5) is 17.8. The molecule has 1 aliphatic rings. The number of amidine groups is 1. The van der Waals surface area contributed by atoms with Crippen molar-refractivity contribution in [2.75, 3.05) is 0 Å². The molecule has 3 aromatic rings. The third kappa shape index (κ3) is 4.12. The van der Waals surface area contributed by atoms with Gasteiger partial charge >= 0.3 is 0 Å². The van der Waals surface area contributed by atoms with Gasteiger partial charge in [0.05, 0.1) is 10.6 Å². The van der Waals surface area contributed by atoms with Gasteiger partial charge in [-0.2, -0.15) is 0 Å². The van der Waals surface area contributed by atoms with Crippen molar-refractivity contribution in [1.82, 2.24) is 9.88 Å². The van der Waals surface area contributed by atoms with Gasteiger partial charge in [-0.25, -0.2) is 4.99 Å². The monoisotopic (exact) mass is 415 g/mol. The quantitative estimate of drug-likeness (QED) is 0.541. The van der Waals surface area contributed by atoms with Crippen LogP contribution in [0.4, 0.5) is 5.69 Å². The van der Waals surface area contributed by atoms with Gasteiger partial charge in [0, 0.05) is 17.1 Å². The number of hydrogen-bond donors (Lipinski definition) is 1. The lowest BCUT2D eigenvalue weighted by atomic mass is 10.1. The minimum absolute atomic E-state index is 0.108. The standard InChI is InChI=1S/C25H25N3OS/c1-15-6-8-22(9-7-15)28-18(4)13-20(19(28)5)14-23-24(29)27-25(30-23)26-21-11-16(2)10-17(3)12-21/h6-14H,1-5H3,(H,26,27,29)/b23-14+. The topological polar surface area (TPSA) is 46.4 Å². The van der Waals surface area contributed by atoms with Crippen molar-refractivity contribution >= 4 is 34.6 Å². The zero-order chi connectivity index (χ0) is 21.4. The van der Waals surface area contributed by atoms with Crippen LogP contribution in [-0.2, 0) is 4.79 Å². The molecule has 0 atom stereocenters. The molecule has 2 aromatic carbocycles. The predicted molar refractivity (Wildman–Crippen MR) is 127 cm³/mol. The molecule has 0 bridgehead atoms. The van der Waals surface area contributed by atoms with Crippen LogP contribution >= 0.6 is 11.8 Å². The van der Waals surface area contributed by atoms with Gasteiger partial charge in [0.25, 0.3) is 5.91 Å². The zero-order valence-corrected chi connectivity index (χ0v) is 18.7. The van der Waals surface area contributed by atoms with Crippen LogP contribution in [0.25, 0.3) is 11.8 Å². The van der Waals surface area contributed by atoms with Gasteiger partial charge in [-0.1, -0.05) is 23.8 Å². The van der Waals surface area contributed by atoms with Gasteiger partial charge in [-0.15, -0.1) is 0 Å². The average molecular weight is 416 g/mol. The lowest BCUT2D eigenvalue weighted by Crippen LogP contribution is -2.19. The molecule has 1 aromatic heterocycles. The van der Waals surface area contributed by atoms with Crippen molar-refractivity contribution in [3.63, 3.8) is 0 Å². The Balaban J connectivity index is 1.64. The minimum atomic E-state index is -0.108. The van der Waals surface area contributed by atoms with E-state index in [0.717, 1.165) is 39.5 Å². The van der Waals surface area contributed by atoms with E-state index < -0.39 is 0 Å². The molecule has 1 saturated heterocycles. The Hall–Kier alpha value is -3.05. The van der Waals surface area contributed by atoms with Crippen LogP contribution in [0.5, 0.6) is 0 Å². The molecule has 1 aliphatic heterocycles. The Morgan fingerprint density at radius 2 is 1.57 bits per heavy atom. The van der Waals surface area contributed by atoms with Crippen LogP contribution in [0.3, 0.4) is 0 Å². The molecule has 1 N–H and O–H groups in total. The summed E-state index contributed by atoms with van der Waals surface area (Å²) in [6, 6.07) is 16.7. The fourth-order valence-electron chi connectivity index (χ4n) is 3.78. The maximum absolute atomic E-state index is 12.5. The molecule has 4 rings (SSSR count). The molecule has 2 heterocycles.